The summed E-state index contributed by atoms with van der Waals surface area (Å²) in [6.45, 7) is 5.96. The second kappa shape index (κ2) is 10.3. The quantitative estimate of drug-likeness (QED) is 0.226. The Labute approximate surface area is 89.7 Å². The second-order valence-electron chi connectivity index (χ2n) is 3.53. The lowest BCUT2D eigenvalue weighted by atomic mass is 10.1. The molecule has 0 fully saturated rings. The average molecular weight is 218 g/mol. The fourth-order valence-corrected chi connectivity index (χ4v) is 3.24. The zero-order valence-electron chi connectivity index (χ0n) is 8.82. The molecule has 0 N–H and O–H groups in total. The number of hydrogen-bond acceptors (Lipinski definition) is 0. The van der Waals surface area contributed by atoms with Crippen LogP contribution in [0.5, 0.6) is 0 Å². The smallest absolute Gasteiger partial charge is 0.169 e. The summed E-state index contributed by atoms with van der Waals surface area (Å²) in [6, 6.07) is 2.31. The molecular formula is C11H22ClSi. The van der Waals surface area contributed by atoms with Crippen LogP contribution < -0.4 is 0 Å². The topological polar surface area (TPSA) is 0 Å². The van der Waals surface area contributed by atoms with Gasteiger partial charge in [0.1, 0.15) is 0 Å². The Bertz CT molecular complexity index is 115. The monoisotopic (exact) mass is 217 g/mol. The van der Waals surface area contributed by atoms with Crippen molar-refractivity contribution in [2.75, 3.05) is 0 Å². The Balaban J connectivity index is 3.01. The van der Waals surface area contributed by atoms with Gasteiger partial charge < -0.3 is 0 Å². The summed E-state index contributed by atoms with van der Waals surface area (Å²) in [7, 11) is -0.579. The van der Waals surface area contributed by atoms with Crippen molar-refractivity contribution in [1.82, 2.24) is 0 Å². The molecule has 0 spiro atoms. The molecular weight excluding hydrogens is 196 g/mol. The highest BCUT2D eigenvalue weighted by Gasteiger charge is 2.04. The van der Waals surface area contributed by atoms with Crippen molar-refractivity contribution in [3.8, 4) is 0 Å². The largest absolute Gasteiger partial charge is 0.169 e. The minimum Gasteiger partial charge on any atom is -0.169 e. The molecule has 0 nitrogen and oxygen atoms in total. The van der Waals surface area contributed by atoms with Gasteiger partial charge in [0.2, 0.25) is 0 Å². The van der Waals surface area contributed by atoms with Crippen molar-refractivity contribution >= 4 is 19.2 Å². The molecule has 0 saturated heterocycles. The Morgan fingerprint density at radius 1 is 1.15 bits per heavy atom. The number of hydrogen-bond donors (Lipinski definition) is 0. The van der Waals surface area contributed by atoms with Gasteiger partial charge in [0.15, 0.2) is 8.11 Å². The molecule has 0 atom stereocenters. The van der Waals surface area contributed by atoms with E-state index in [1.807, 2.05) is 6.08 Å². The van der Waals surface area contributed by atoms with Crippen LogP contribution in [0.2, 0.25) is 12.1 Å². The van der Waals surface area contributed by atoms with E-state index < -0.39 is 8.11 Å². The zero-order chi connectivity index (χ0) is 9.94. The summed E-state index contributed by atoms with van der Waals surface area (Å²) < 4.78 is 0. The predicted molar refractivity (Wildman–Crippen MR) is 64.8 cm³/mol. The first-order chi connectivity index (χ1) is 6.31. The third kappa shape index (κ3) is 10.2. The Morgan fingerprint density at radius 3 is 2.38 bits per heavy atom. The highest BCUT2D eigenvalue weighted by Crippen LogP contribution is 2.13. The molecule has 0 aliphatic heterocycles. The van der Waals surface area contributed by atoms with E-state index in [1.165, 1.54) is 44.6 Å². The SMILES string of the molecule is C=CC[Si](Cl)CCCCCCCC. The molecule has 0 aromatic rings. The van der Waals surface area contributed by atoms with Crippen molar-refractivity contribution in [2.24, 2.45) is 0 Å². The maximum absolute atomic E-state index is 6.15. The van der Waals surface area contributed by atoms with Crippen LogP contribution >= 0.6 is 11.1 Å². The van der Waals surface area contributed by atoms with Crippen LogP contribution in [0.4, 0.5) is 0 Å². The first kappa shape index (κ1) is 13.2. The van der Waals surface area contributed by atoms with Crippen molar-refractivity contribution in [2.45, 2.75) is 57.5 Å². The molecule has 0 heterocycles. The van der Waals surface area contributed by atoms with Crippen molar-refractivity contribution in [1.29, 1.82) is 0 Å². The summed E-state index contributed by atoms with van der Waals surface area (Å²) in [6.07, 6.45) is 10.2. The van der Waals surface area contributed by atoms with Gasteiger partial charge in [-0.2, -0.15) is 11.1 Å². The van der Waals surface area contributed by atoms with Gasteiger partial charge in [-0.3, -0.25) is 0 Å². The molecule has 0 aliphatic rings. The summed E-state index contributed by atoms with van der Waals surface area (Å²) in [5, 5.41) is 0. The van der Waals surface area contributed by atoms with Gasteiger partial charge in [0.05, 0.1) is 0 Å². The minimum absolute atomic E-state index is 0.579. The van der Waals surface area contributed by atoms with Gasteiger partial charge >= 0.3 is 0 Å². The van der Waals surface area contributed by atoms with Crippen LogP contribution in [-0.4, -0.2) is 8.11 Å². The highest BCUT2D eigenvalue weighted by atomic mass is 35.6. The van der Waals surface area contributed by atoms with Crippen molar-refractivity contribution in [3.05, 3.63) is 12.7 Å². The van der Waals surface area contributed by atoms with E-state index in [1.54, 1.807) is 0 Å². The van der Waals surface area contributed by atoms with Crippen LogP contribution in [-0.2, 0) is 0 Å². The summed E-state index contributed by atoms with van der Waals surface area (Å²) in [5.74, 6) is 0. The van der Waals surface area contributed by atoms with E-state index in [4.69, 9.17) is 11.1 Å². The summed E-state index contributed by atoms with van der Waals surface area (Å²) in [4.78, 5) is 0. The molecule has 0 unspecified atom stereocenters. The number of unbranched alkanes of at least 4 members (excludes halogenated alkanes) is 5. The van der Waals surface area contributed by atoms with Gasteiger partial charge in [0, 0.05) is 0 Å². The zero-order valence-corrected chi connectivity index (χ0v) is 10.6. The highest BCUT2D eigenvalue weighted by molar-refractivity contribution is 7.07. The number of halogens is 1. The predicted octanol–water partition coefficient (Wildman–Crippen LogP) is 4.76. The van der Waals surface area contributed by atoms with E-state index in [-0.39, 0.29) is 0 Å². The summed E-state index contributed by atoms with van der Waals surface area (Å²) >= 11 is 6.15. The van der Waals surface area contributed by atoms with E-state index in [9.17, 15) is 0 Å². The van der Waals surface area contributed by atoms with Crippen LogP contribution in [0.1, 0.15) is 45.4 Å². The molecule has 0 aromatic heterocycles. The van der Waals surface area contributed by atoms with Gasteiger partial charge in [-0.25, -0.2) is 0 Å². The lowest BCUT2D eigenvalue weighted by Crippen LogP contribution is -2.00. The lowest BCUT2D eigenvalue weighted by molar-refractivity contribution is 0.623. The molecule has 13 heavy (non-hydrogen) atoms. The maximum atomic E-state index is 6.15. The van der Waals surface area contributed by atoms with Crippen LogP contribution in [0.15, 0.2) is 12.7 Å². The first-order valence-electron chi connectivity index (χ1n) is 5.42. The number of allylic oxidation sites excluding steroid dienone is 1. The van der Waals surface area contributed by atoms with Crippen molar-refractivity contribution < 1.29 is 0 Å². The maximum Gasteiger partial charge on any atom is 0.169 e. The van der Waals surface area contributed by atoms with E-state index in [0.717, 1.165) is 6.04 Å². The molecule has 2 heteroatoms. The second-order valence-corrected chi connectivity index (χ2v) is 7.07. The Morgan fingerprint density at radius 2 is 1.77 bits per heavy atom. The fraction of sp³-hybridized carbons (Fsp3) is 0.818. The minimum atomic E-state index is -0.579. The molecule has 0 bridgehead atoms. The molecule has 0 aromatic carbocycles. The Kier molecular flexibility index (Phi) is 10.5. The lowest BCUT2D eigenvalue weighted by Gasteiger charge is -2.03. The van der Waals surface area contributed by atoms with Gasteiger partial charge in [-0.15, -0.1) is 6.58 Å². The van der Waals surface area contributed by atoms with E-state index >= 15 is 0 Å². The van der Waals surface area contributed by atoms with E-state index in [0.29, 0.717) is 0 Å². The van der Waals surface area contributed by atoms with Gasteiger partial charge in [-0.05, 0) is 12.1 Å². The third-order valence-corrected chi connectivity index (χ3v) is 4.83. The molecule has 0 rings (SSSR count). The van der Waals surface area contributed by atoms with Crippen LogP contribution in [0, 0.1) is 0 Å². The first-order valence-corrected chi connectivity index (χ1v) is 8.35. The van der Waals surface area contributed by atoms with Crippen molar-refractivity contribution in [3.63, 3.8) is 0 Å². The van der Waals surface area contributed by atoms with Gasteiger partial charge in [0.25, 0.3) is 0 Å². The normalized spacial score (nSPS) is 10.7. The average Bonchev–Trinajstić information content (AvgIpc) is 2.11. The molecule has 0 amide bonds. The van der Waals surface area contributed by atoms with Crippen LogP contribution in [0.25, 0.3) is 0 Å². The number of rotatable bonds is 9. The molecule has 0 aliphatic carbocycles. The third-order valence-electron chi connectivity index (χ3n) is 2.17. The molecule has 0 saturated carbocycles. The molecule has 1 radical (unpaired) electrons. The van der Waals surface area contributed by atoms with Gasteiger partial charge in [-0.1, -0.05) is 51.5 Å². The van der Waals surface area contributed by atoms with E-state index in [2.05, 4.69) is 13.5 Å². The van der Waals surface area contributed by atoms with Crippen LogP contribution in [0.3, 0.4) is 0 Å². The molecule has 77 valence electrons. The fourth-order valence-electron chi connectivity index (χ4n) is 1.36. The Hall–Kier alpha value is 0.247. The standard InChI is InChI=1S/C11H22ClSi/c1-3-5-6-7-8-9-11-13(12)10-4-2/h4H,2-3,5-11H2,1H3. The summed E-state index contributed by atoms with van der Waals surface area (Å²) in [5.41, 5.74) is 0.